The van der Waals surface area contributed by atoms with Crippen molar-refractivity contribution in [3.63, 3.8) is 0 Å². The second-order valence-corrected chi connectivity index (χ2v) is 4.51. The number of anilines is 1. The number of halogens is 1. The SMILES string of the molecule is Cn1ccnc(N(CCCl)C2CCC2)c1=O. The van der Waals surface area contributed by atoms with Gasteiger partial charge in [-0.3, -0.25) is 4.79 Å². The molecule has 2 rings (SSSR count). The summed E-state index contributed by atoms with van der Waals surface area (Å²) in [6, 6.07) is 0.446. The first-order valence-electron chi connectivity index (χ1n) is 5.58. The van der Waals surface area contributed by atoms with Crippen molar-refractivity contribution in [1.82, 2.24) is 9.55 Å². The molecule has 1 aromatic rings. The summed E-state index contributed by atoms with van der Waals surface area (Å²) in [6.07, 6.45) is 6.84. The molecule has 0 bridgehead atoms. The van der Waals surface area contributed by atoms with Crippen molar-refractivity contribution >= 4 is 17.4 Å². The fourth-order valence-corrected chi connectivity index (χ4v) is 2.11. The van der Waals surface area contributed by atoms with Crippen LogP contribution >= 0.6 is 11.6 Å². The predicted molar refractivity (Wildman–Crippen MR) is 65.2 cm³/mol. The summed E-state index contributed by atoms with van der Waals surface area (Å²) < 4.78 is 1.56. The van der Waals surface area contributed by atoms with Gasteiger partial charge >= 0.3 is 0 Å². The average Bonchev–Trinajstić information content (AvgIpc) is 2.19. The van der Waals surface area contributed by atoms with Gasteiger partial charge in [0.1, 0.15) is 0 Å². The smallest absolute Gasteiger partial charge is 0.293 e. The molecular weight excluding hydrogens is 226 g/mol. The van der Waals surface area contributed by atoms with Crippen molar-refractivity contribution in [2.24, 2.45) is 7.05 Å². The molecule has 0 N–H and O–H groups in total. The summed E-state index contributed by atoms with van der Waals surface area (Å²) in [5.41, 5.74) is -0.0421. The first kappa shape index (κ1) is 11.5. The Hall–Kier alpha value is -1.03. The Morgan fingerprint density at radius 1 is 1.62 bits per heavy atom. The molecule has 0 radical (unpaired) electrons. The van der Waals surface area contributed by atoms with Gasteiger partial charge in [0, 0.05) is 37.9 Å². The van der Waals surface area contributed by atoms with Gasteiger partial charge in [-0.05, 0) is 19.3 Å². The summed E-state index contributed by atoms with van der Waals surface area (Å²) in [7, 11) is 1.74. The molecule has 0 amide bonds. The van der Waals surface area contributed by atoms with Crippen molar-refractivity contribution in [3.8, 4) is 0 Å². The van der Waals surface area contributed by atoms with Crippen LogP contribution in [0.25, 0.3) is 0 Å². The van der Waals surface area contributed by atoms with Gasteiger partial charge < -0.3 is 9.47 Å². The molecule has 88 valence electrons. The predicted octanol–water partition coefficient (Wildman–Crippen LogP) is 1.38. The van der Waals surface area contributed by atoms with Crippen molar-refractivity contribution in [2.45, 2.75) is 25.3 Å². The number of hydrogen-bond acceptors (Lipinski definition) is 3. The van der Waals surface area contributed by atoms with E-state index in [4.69, 9.17) is 11.6 Å². The molecule has 4 nitrogen and oxygen atoms in total. The monoisotopic (exact) mass is 241 g/mol. The van der Waals surface area contributed by atoms with Crippen LogP contribution in [0.15, 0.2) is 17.2 Å². The summed E-state index contributed by atoms with van der Waals surface area (Å²) in [5, 5.41) is 0. The largest absolute Gasteiger partial charge is 0.348 e. The number of hydrogen-bond donors (Lipinski definition) is 0. The molecule has 0 spiro atoms. The van der Waals surface area contributed by atoms with Gasteiger partial charge in [-0.25, -0.2) is 4.98 Å². The van der Waals surface area contributed by atoms with E-state index in [0.29, 0.717) is 24.3 Å². The molecule has 1 aliphatic carbocycles. The molecule has 1 fully saturated rings. The fourth-order valence-electron chi connectivity index (χ4n) is 1.93. The highest BCUT2D eigenvalue weighted by Crippen LogP contribution is 2.26. The lowest BCUT2D eigenvalue weighted by Gasteiger charge is -2.37. The van der Waals surface area contributed by atoms with E-state index >= 15 is 0 Å². The van der Waals surface area contributed by atoms with Crippen LogP contribution in [0.5, 0.6) is 0 Å². The standard InChI is InChI=1S/C11H16ClN3O/c1-14-8-6-13-10(11(14)16)15(7-5-12)9-3-2-4-9/h6,8-9H,2-5,7H2,1H3. The summed E-state index contributed by atoms with van der Waals surface area (Å²) in [4.78, 5) is 18.2. The molecule has 16 heavy (non-hydrogen) atoms. The van der Waals surface area contributed by atoms with Crippen molar-refractivity contribution in [2.75, 3.05) is 17.3 Å². The Kier molecular flexibility index (Phi) is 3.49. The van der Waals surface area contributed by atoms with E-state index in [2.05, 4.69) is 9.88 Å². The Labute approximate surface area is 99.9 Å². The van der Waals surface area contributed by atoms with Gasteiger partial charge in [-0.2, -0.15) is 0 Å². The molecule has 1 saturated carbocycles. The number of alkyl halides is 1. The van der Waals surface area contributed by atoms with Gasteiger partial charge in [0.15, 0.2) is 5.82 Å². The van der Waals surface area contributed by atoms with Crippen LogP contribution in [-0.4, -0.2) is 28.0 Å². The molecule has 0 saturated heterocycles. The second kappa shape index (κ2) is 4.87. The maximum Gasteiger partial charge on any atom is 0.293 e. The van der Waals surface area contributed by atoms with Crippen LogP contribution in [0.1, 0.15) is 19.3 Å². The second-order valence-electron chi connectivity index (χ2n) is 4.13. The van der Waals surface area contributed by atoms with Gasteiger partial charge in [0.05, 0.1) is 0 Å². The van der Waals surface area contributed by atoms with Crippen molar-refractivity contribution in [1.29, 1.82) is 0 Å². The van der Waals surface area contributed by atoms with Gasteiger partial charge in [-0.1, -0.05) is 0 Å². The van der Waals surface area contributed by atoms with E-state index in [1.165, 1.54) is 6.42 Å². The number of aromatic nitrogens is 2. The van der Waals surface area contributed by atoms with Gasteiger partial charge in [0.2, 0.25) is 0 Å². The minimum atomic E-state index is -0.0421. The Balaban J connectivity index is 2.30. The lowest BCUT2D eigenvalue weighted by molar-refractivity contribution is 0.387. The lowest BCUT2D eigenvalue weighted by Crippen LogP contribution is -2.45. The van der Waals surface area contributed by atoms with E-state index in [0.717, 1.165) is 12.8 Å². The lowest BCUT2D eigenvalue weighted by atomic mass is 9.91. The number of nitrogens with zero attached hydrogens (tertiary/aromatic N) is 3. The zero-order valence-corrected chi connectivity index (χ0v) is 10.2. The third-order valence-corrected chi connectivity index (χ3v) is 3.28. The quantitative estimate of drug-likeness (QED) is 0.748. The fraction of sp³-hybridized carbons (Fsp3) is 0.636. The molecule has 0 aromatic carbocycles. The highest BCUT2D eigenvalue weighted by atomic mass is 35.5. The Morgan fingerprint density at radius 2 is 2.38 bits per heavy atom. The zero-order chi connectivity index (χ0) is 11.5. The van der Waals surface area contributed by atoms with Crippen LogP contribution in [-0.2, 0) is 7.05 Å². The zero-order valence-electron chi connectivity index (χ0n) is 9.40. The molecule has 1 heterocycles. The van der Waals surface area contributed by atoms with Crippen LogP contribution in [0.4, 0.5) is 5.82 Å². The normalized spacial score (nSPS) is 15.9. The van der Waals surface area contributed by atoms with Crippen LogP contribution in [0.2, 0.25) is 0 Å². The molecular formula is C11H16ClN3O. The maximum atomic E-state index is 11.9. The highest BCUT2D eigenvalue weighted by Gasteiger charge is 2.27. The molecule has 1 aliphatic rings. The van der Waals surface area contributed by atoms with E-state index in [1.807, 2.05) is 0 Å². The van der Waals surface area contributed by atoms with Crippen LogP contribution in [0, 0.1) is 0 Å². The maximum absolute atomic E-state index is 11.9. The number of aryl methyl sites for hydroxylation is 1. The van der Waals surface area contributed by atoms with Crippen LogP contribution < -0.4 is 10.5 Å². The molecule has 1 aromatic heterocycles. The van der Waals surface area contributed by atoms with Gasteiger partial charge in [0.25, 0.3) is 5.56 Å². The molecule has 0 unspecified atom stereocenters. The van der Waals surface area contributed by atoms with Crippen molar-refractivity contribution in [3.05, 3.63) is 22.7 Å². The third-order valence-electron chi connectivity index (χ3n) is 3.11. The highest BCUT2D eigenvalue weighted by molar-refractivity contribution is 6.18. The summed E-state index contributed by atoms with van der Waals surface area (Å²) in [5.74, 6) is 1.06. The average molecular weight is 242 g/mol. The summed E-state index contributed by atoms with van der Waals surface area (Å²) >= 11 is 5.79. The first-order chi connectivity index (χ1) is 7.74. The minimum Gasteiger partial charge on any atom is -0.348 e. The molecule has 0 aliphatic heterocycles. The third kappa shape index (κ3) is 2.07. The Morgan fingerprint density at radius 3 is 2.94 bits per heavy atom. The number of rotatable bonds is 4. The van der Waals surface area contributed by atoms with E-state index in [-0.39, 0.29) is 5.56 Å². The van der Waals surface area contributed by atoms with E-state index in [9.17, 15) is 4.79 Å². The summed E-state index contributed by atoms with van der Waals surface area (Å²) in [6.45, 7) is 0.693. The van der Waals surface area contributed by atoms with E-state index in [1.54, 1.807) is 24.0 Å². The first-order valence-corrected chi connectivity index (χ1v) is 6.11. The molecule has 5 heteroatoms. The van der Waals surface area contributed by atoms with E-state index < -0.39 is 0 Å². The van der Waals surface area contributed by atoms with Gasteiger partial charge in [-0.15, -0.1) is 11.6 Å². The van der Waals surface area contributed by atoms with Crippen molar-refractivity contribution < 1.29 is 0 Å². The molecule has 0 atom stereocenters. The topological polar surface area (TPSA) is 38.1 Å². The minimum absolute atomic E-state index is 0.0421. The van der Waals surface area contributed by atoms with Crippen LogP contribution in [0.3, 0.4) is 0 Å². The Bertz CT molecular complexity index is 414.